The van der Waals surface area contributed by atoms with Crippen LogP contribution < -0.4 is 0 Å². The lowest BCUT2D eigenvalue weighted by molar-refractivity contribution is -0.129. The van der Waals surface area contributed by atoms with E-state index in [1.165, 1.54) is 5.56 Å². The molecule has 1 heterocycles. The summed E-state index contributed by atoms with van der Waals surface area (Å²) in [7, 11) is 0. The van der Waals surface area contributed by atoms with Crippen LogP contribution in [0.15, 0.2) is 59.2 Å². The van der Waals surface area contributed by atoms with E-state index in [9.17, 15) is 4.79 Å². The van der Waals surface area contributed by atoms with Crippen LogP contribution in [-0.2, 0) is 9.53 Å². The highest BCUT2D eigenvalue weighted by atomic mass is 16.6. The fraction of sp³-hybridized carbons (Fsp3) is 0.111. The smallest absolute Gasteiger partial charge is 0.363 e. The highest BCUT2D eigenvalue weighted by Gasteiger charge is 2.23. The summed E-state index contributed by atoms with van der Waals surface area (Å²) in [5.41, 5.74) is 4.41. The van der Waals surface area contributed by atoms with Crippen LogP contribution in [0, 0.1) is 13.8 Å². The van der Waals surface area contributed by atoms with Gasteiger partial charge in [-0.05, 0) is 43.2 Å². The van der Waals surface area contributed by atoms with Crippen LogP contribution in [0.3, 0.4) is 0 Å². The maximum atomic E-state index is 11.9. The van der Waals surface area contributed by atoms with E-state index in [1.807, 2.05) is 56.3 Å². The monoisotopic (exact) mass is 277 g/mol. The predicted molar refractivity (Wildman–Crippen MR) is 83.0 cm³/mol. The number of esters is 1. The first-order valence-electron chi connectivity index (χ1n) is 6.79. The van der Waals surface area contributed by atoms with Crippen LogP contribution in [-0.4, -0.2) is 11.9 Å². The standard InChI is InChI=1S/C18H15NO2/c1-12-8-9-15(13(2)10-12)11-16-18(20)21-17(19-16)14-6-4-3-5-7-14/h3-11H,1-2H3/b16-11-. The summed E-state index contributed by atoms with van der Waals surface area (Å²) < 4.78 is 5.24. The molecule has 2 aromatic carbocycles. The molecular weight excluding hydrogens is 262 g/mol. The van der Waals surface area contributed by atoms with E-state index in [0.29, 0.717) is 11.6 Å². The summed E-state index contributed by atoms with van der Waals surface area (Å²) in [4.78, 5) is 16.2. The van der Waals surface area contributed by atoms with Gasteiger partial charge in [-0.1, -0.05) is 42.0 Å². The van der Waals surface area contributed by atoms with Crippen molar-refractivity contribution >= 4 is 17.9 Å². The summed E-state index contributed by atoms with van der Waals surface area (Å²) in [6.45, 7) is 4.06. The first-order chi connectivity index (χ1) is 10.1. The highest BCUT2D eigenvalue weighted by Crippen LogP contribution is 2.21. The Morgan fingerprint density at radius 3 is 2.52 bits per heavy atom. The topological polar surface area (TPSA) is 38.7 Å². The molecule has 3 nitrogen and oxygen atoms in total. The first-order valence-corrected chi connectivity index (χ1v) is 6.79. The van der Waals surface area contributed by atoms with E-state index in [2.05, 4.69) is 11.1 Å². The van der Waals surface area contributed by atoms with Crippen LogP contribution in [0.25, 0.3) is 6.08 Å². The number of rotatable bonds is 2. The van der Waals surface area contributed by atoms with Crippen molar-refractivity contribution in [2.24, 2.45) is 4.99 Å². The Bertz CT molecular complexity index is 758. The van der Waals surface area contributed by atoms with E-state index in [1.54, 1.807) is 6.08 Å². The van der Waals surface area contributed by atoms with Crippen LogP contribution in [0.5, 0.6) is 0 Å². The summed E-state index contributed by atoms with van der Waals surface area (Å²) in [5.74, 6) is -0.0505. The molecule has 104 valence electrons. The number of benzene rings is 2. The number of aliphatic imine (C=N–C) groups is 1. The lowest BCUT2D eigenvalue weighted by Gasteiger charge is -2.01. The molecule has 1 aliphatic rings. The van der Waals surface area contributed by atoms with Gasteiger partial charge in [0.05, 0.1) is 0 Å². The second kappa shape index (κ2) is 5.37. The molecule has 0 amide bonds. The summed E-state index contributed by atoms with van der Waals surface area (Å²) in [6.07, 6.45) is 1.77. The zero-order chi connectivity index (χ0) is 14.8. The minimum Gasteiger partial charge on any atom is -0.402 e. The maximum Gasteiger partial charge on any atom is 0.363 e. The third-order valence-corrected chi connectivity index (χ3v) is 3.36. The molecule has 0 radical (unpaired) electrons. The SMILES string of the molecule is Cc1ccc(/C=C2\N=C(c3ccccc3)OC2=O)c(C)c1. The molecule has 3 rings (SSSR count). The van der Waals surface area contributed by atoms with E-state index in [0.717, 1.165) is 16.7 Å². The number of aryl methyl sites for hydroxylation is 2. The van der Waals surface area contributed by atoms with Crippen molar-refractivity contribution in [2.45, 2.75) is 13.8 Å². The Labute approximate surface area is 123 Å². The molecule has 0 aromatic heterocycles. The van der Waals surface area contributed by atoms with Gasteiger partial charge < -0.3 is 4.74 Å². The van der Waals surface area contributed by atoms with Crippen LogP contribution in [0.4, 0.5) is 0 Å². The number of nitrogens with zero attached hydrogens (tertiary/aromatic N) is 1. The molecule has 2 aromatic rings. The molecule has 0 unspecified atom stereocenters. The molecule has 1 aliphatic heterocycles. The van der Waals surface area contributed by atoms with Gasteiger partial charge in [-0.2, -0.15) is 0 Å². The molecular formula is C18H15NO2. The van der Waals surface area contributed by atoms with Crippen molar-refractivity contribution in [1.29, 1.82) is 0 Å². The third kappa shape index (κ3) is 2.77. The van der Waals surface area contributed by atoms with Gasteiger partial charge in [0.25, 0.3) is 0 Å². The van der Waals surface area contributed by atoms with Crippen molar-refractivity contribution in [2.75, 3.05) is 0 Å². The predicted octanol–water partition coefficient (Wildman–Crippen LogP) is 3.65. The Kier molecular flexibility index (Phi) is 3.40. The molecule has 0 bridgehead atoms. The van der Waals surface area contributed by atoms with Gasteiger partial charge in [0, 0.05) is 5.56 Å². The Hall–Kier alpha value is -2.68. The minimum absolute atomic E-state index is 0.334. The molecule has 0 saturated heterocycles. The van der Waals surface area contributed by atoms with Crippen LogP contribution in [0.2, 0.25) is 0 Å². The largest absolute Gasteiger partial charge is 0.402 e. The fourth-order valence-electron chi connectivity index (χ4n) is 2.25. The van der Waals surface area contributed by atoms with Crippen molar-refractivity contribution in [3.63, 3.8) is 0 Å². The summed E-state index contributed by atoms with van der Waals surface area (Å²) >= 11 is 0. The van der Waals surface area contributed by atoms with Gasteiger partial charge in [0.1, 0.15) is 0 Å². The molecule has 21 heavy (non-hydrogen) atoms. The highest BCUT2D eigenvalue weighted by molar-refractivity contribution is 6.12. The van der Waals surface area contributed by atoms with Gasteiger partial charge in [0.15, 0.2) is 5.70 Å². The number of cyclic esters (lactones) is 1. The zero-order valence-electron chi connectivity index (χ0n) is 12.0. The van der Waals surface area contributed by atoms with Gasteiger partial charge in [-0.15, -0.1) is 0 Å². The fourth-order valence-corrected chi connectivity index (χ4v) is 2.25. The van der Waals surface area contributed by atoms with Crippen LogP contribution in [0.1, 0.15) is 22.3 Å². The molecule has 0 aliphatic carbocycles. The number of hydrogen-bond acceptors (Lipinski definition) is 3. The van der Waals surface area contributed by atoms with Crippen molar-refractivity contribution in [1.82, 2.24) is 0 Å². The van der Waals surface area contributed by atoms with Crippen molar-refractivity contribution in [3.05, 3.63) is 76.5 Å². The Balaban J connectivity index is 1.97. The minimum atomic E-state index is -0.408. The third-order valence-electron chi connectivity index (χ3n) is 3.36. The zero-order valence-corrected chi connectivity index (χ0v) is 12.0. The quantitative estimate of drug-likeness (QED) is 0.621. The summed E-state index contributed by atoms with van der Waals surface area (Å²) in [5, 5.41) is 0. The van der Waals surface area contributed by atoms with E-state index < -0.39 is 5.97 Å². The van der Waals surface area contributed by atoms with E-state index in [4.69, 9.17) is 4.74 Å². The molecule has 0 fully saturated rings. The molecule has 0 atom stereocenters. The molecule has 3 heteroatoms. The maximum absolute atomic E-state index is 11.9. The lowest BCUT2D eigenvalue weighted by Crippen LogP contribution is -2.04. The Morgan fingerprint density at radius 2 is 1.81 bits per heavy atom. The van der Waals surface area contributed by atoms with Crippen LogP contribution >= 0.6 is 0 Å². The average molecular weight is 277 g/mol. The van der Waals surface area contributed by atoms with Gasteiger partial charge in [-0.25, -0.2) is 9.79 Å². The normalized spacial score (nSPS) is 16.0. The first kappa shape index (κ1) is 13.3. The molecule has 0 spiro atoms. The van der Waals surface area contributed by atoms with E-state index >= 15 is 0 Å². The van der Waals surface area contributed by atoms with Crippen molar-refractivity contribution in [3.8, 4) is 0 Å². The summed E-state index contributed by atoms with van der Waals surface area (Å²) in [6, 6.07) is 15.5. The van der Waals surface area contributed by atoms with Gasteiger partial charge in [-0.3, -0.25) is 0 Å². The average Bonchev–Trinajstić information content (AvgIpc) is 2.84. The Morgan fingerprint density at radius 1 is 1.05 bits per heavy atom. The van der Waals surface area contributed by atoms with E-state index in [-0.39, 0.29) is 0 Å². The number of carbonyl (C=O) groups excluding carboxylic acids is 1. The molecule has 0 saturated carbocycles. The van der Waals surface area contributed by atoms with Gasteiger partial charge in [0.2, 0.25) is 5.90 Å². The molecule has 0 N–H and O–H groups in total. The second-order valence-electron chi connectivity index (χ2n) is 5.06. The number of hydrogen-bond donors (Lipinski definition) is 0. The van der Waals surface area contributed by atoms with Crippen molar-refractivity contribution < 1.29 is 9.53 Å². The van der Waals surface area contributed by atoms with Gasteiger partial charge >= 0.3 is 5.97 Å². The second-order valence-corrected chi connectivity index (χ2v) is 5.06. The lowest BCUT2D eigenvalue weighted by atomic mass is 10.0. The number of carbonyl (C=O) groups is 1. The number of ether oxygens (including phenoxy) is 1.